The molecule has 2 aliphatic rings. The topological polar surface area (TPSA) is 74.3 Å². The molecule has 0 spiro atoms. The first-order valence-electron chi connectivity index (χ1n) is 9.55. The van der Waals surface area contributed by atoms with E-state index in [9.17, 15) is 9.59 Å². The fourth-order valence-corrected chi connectivity index (χ4v) is 3.54. The number of urea groups is 1. The summed E-state index contributed by atoms with van der Waals surface area (Å²) in [6.07, 6.45) is 7.63. The number of rotatable bonds is 5. The van der Waals surface area contributed by atoms with Crippen LogP contribution in [0, 0.1) is 0 Å². The summed E-state index contributed by atoms with van der Waals surface area (Å²) in [4.78, 5) is 30.8. The first-order valence-corrected chi connectivity index (χ1v) is 9.55. The molecule has 1 atom stereocenters. The molecule has 4 rings (SSSR count). The van der Waals surface area contributed by atoms with Gasteiger partial charge in [0.2, 0.25) is 0 Å². The van der Waals surface area contributed by atoms with Crippen LogP contribution in [0.4, 0.5) is 4.79 Å². The fourth-order valence-electron chi connectivity index (χ4n) is 3.54. The second-order valence-corrected chi connectivity index (χ2v) is 7.24. The molecule has 1 aromatic heterocycles. The van der Waals surface area contributed by atoms with Crippen LogP contribution in [0.3, 0.4) is 0 Å². The highest BCUT2D eigenvalue weighted by atomic mass is 16.2. The van der Waals surface area contributed by atoms with E-state index in [4.69, 9.17) is 0 Å². The van der Waals surface area contributed by atoms with Gasteiger partial charge in [0, 0.05) is 37.1 Å². The second-order valence-electron chi connectivity index (χ2n) is 7.24. The normalized spacial score (nSPS) is 19.0. The molecule has 3 amide bonds. The van der Waals surface area contributed by atoms with Crippen molar-refractivity contribution in [3.8, 4) is 0 Å². The minimum Gasteiger partial charge on any atom is -0.349 e. The number of nitrogens with one attached hydrogen (secondary N) is 2. The van der Waals surface area contributed by atoms with E-state index in [1.807, 2.05) is 41.3 Å². The Morgan fingerprint density at radius 2 is 1.93 bits per heavy atom. The summed E-state index contributed by atoms with van der Waals surface area (Å²) in [6.45, 7) is 1.16. The van der Waals surface area contributed by atoms with E-state index in [0.717, 1.165) is 43.4 Å². The first kappa shape index (κ1) is 17.5. The van der Waals surface area contributed by atoms with E-state index in [1.54, 1.807) is 12.4 Å². The van der Waals surface area contributed by atoms with Crippen LogP contribution >= 0.6 is 0 Å². The molecule has 1 aliphatic heterocycles. The van der Waals surface area contributed by atoms with Crippen LogP contribution in [0.5, 0.6) is 0 Å². The Morgan fingerprint density at radius 1 is 1.11 bits per heavy atom. The Hall–Kier alpha value is -2.89. The molecule has 0 radical (unpaired) electrons. The third kappa shape index (κ3) is 4.27. The minimum absolute atomic E-state index is 0.0389. The fraction of sp³-hybridized carbons (Fsp3) is 0.381. The highest BCUT2D eigenvalue weighted by Gasteiger charge is 2.29. The SMILES string of the molecule is O=C(NC1CC1)c1cccc(CNC(=O)N2CCC[C@H]2c2ccncc2)c1. The largest absolute Gasteiger partial charge is 0.349 e. The monoisotopic (exact) mass is 364 g/mol. The lowest BCUT2D eigenvalue weighted by atomic mass is 10.1. The van der Waals surface area contributed by atoms with Gasteiger partial charge in [0.05, 0.1) is 6.04 Å². The molecule has 27 heavy (non-hydrogen) atoms. The molecule has 1 aliphatic carbocycles. The molecule has 0 bridgehead atoms. The number of likely N-dealkylation sites (tertiary alicyclic amines) is 1. The van der Waals surface area contributed by atoms with E-state index in [1.165, 1.54) is 0 Å². The van der Waals surface area contributed by atoms with Gasteiger partial charge in [-0.25, -0.2) is 4.79 Å². The standard InChI is InChI=1S/C21H24N4O2/c26-20(24-18-6-7-18)17-4-1-3-15(13-17)14-23-21(27)25-12-2-5-19(25)16-8-10-22-11-9-16/h1,3-4,8-11,13,18-19H,2,5-7,12,14H2,(H,23,27)(H,24,26)/t19-/m0/s1. The van der Waals surface area contributed by atoms with Gasteiger partial charge < -0.3 is 15.5 Å². The van der Waals surface area contributed by atoms with Crippen LogP contribution < -0.4 is 10.6 Å². The summed E-state index contributed by atoms with van der Waals surface area (Å²) in [5.74, 6) is -0.0389. The maximum absolute atomic E-state index is 12.7. The lowest BCUT2D eigenvalue weighted by Crippen LogP contribution is -2.39. The molecule has 1 saturated heterocycles. The molecule has 6 heteroatoms. The molecule has 6 nitrogen and oxygen atoms in total. The lowest BCUT2D eigenvalue weighted by molar-refractivity contribution is 0.0951. The molecular formula is C21H24N4O2. The number of amides is 3. The Morgan fingerprint density at radius 3 is 2.70 bits per heavy atom. The zero-order valence-electron chi connectivity index (χ0n) is 15.2. The van der Waals surface area contributed by atoms with E-state index >= 15 is 0 Å². The minimum atomic E-state index is -0.0675. The van der Waals surface area contributed by atoms with Gasteiger partial charge in [-0.3, -0.25) is 9.78 Å². The van der Waals surface area contributed by atoms with Crippen molar-refractivity contribution in [3.63, 3.8) is 0 Å². The predicted octanol–water partition coefficient (Wildman–Crippen LogP) is 3.02. The van der Waals surface area contributed by atoms with Crippen LogP contribution in [-0.2, 0) is 6.54 Å². The van der Waals surface area contributed by atoms with Crippen molar-refractivity contribution in [2.24, 2.45) is 0 Å². The van der Waals surface area contributed by atoms with Gasteiger partial charge in [-0.05, 0) is 61.1 Å². The number of carbonyl (C=O) groups is 2. The van der Waals surface area contributed by atoms with Crippen molar-refractivity contribution < 1.29 is 9.59 Å². The van der Waals surface area contributed by atoms with Crippen LogP contribution in [0.2, 0.25) is 0 Å². The average molecular weight is 364 g/mol. The van der Waals surface area contributed by atoms with E-state index in [0.29, 0.717) is 18.2 Å². The van der Waals surface area contributed by atoms with Crippen LogP contribution in [0.15, 0.2) is 48.8 Å². The van der Waals surface area contributed by atoms with Gasteiger partial charge >= 0.3 is 6.03 Å². The van der Waals surface area contributed by atoms with Crippen molar-refractivity contribution >= 4 is 11.9 Å². The van der Waals surface area contributed by atoms with E-state index < -0.39 is 0 Å². The highest BCUT2D eigenvalue weighted by Crippen LogP contribution is 2.31. The van der Waals surface area contributed by atoms with Crippen LogP contribution in [0.25, 0.3) is 0 Å². The van der Waals surface area contributed by atoms with E-state index in [2.05, 4.69) is 15.6 Å². The summed E-state index contributed by atoms with van der Waals surface area (Å²) in [6, 6.07) is 11.8. The van der Waals surface area contributed by atoms with Gasteiger partial charge in [0.15, 0.2) is 0 Å². The summed E-state index contributed by atoms with van der Waals surface area (Å²) in [5.41, 5.74) is 2.69. The third-order valence-corrected chi connectivity index (χ3v) is 5.15. The number of pyridine rings is 1. The van der Waals surface area contributed by atoms with Gasteiger partial charge in [0.1, 0.15) is 0 Å². The summed E-state index contributed by atoms with van der Waals surface area (Å²) < 4.78 is 0. The van der Waals surface area contributed by atoms with Crippen molar-refractivity contribution in [1.29, 1.82) is 0 Å². The molecule has 0 unspecified atom stereocenters. The van der Waals surface area contributed by atoms with Crippen molar-refractivity contribution in [2.75, 3.05) is 6.54 Å². The van der Waals surface area contributed by atoms with Gasteiger partial charge in [-0.2, -0.15) is 0 Å². The molecule has 2 fully saturated rings. The maximum atomic E-state index is 12.7. The molecule has 1 saturated carbocycles. The van der Waals surface area contributed by atoms with Gasteiger partial charge in [-0.15, -0.1) is 0 Å². The molecule has 1 aromatic carbocycles. The van der Waals surface area contributed by atoms with Gasteiger partial charge in [-0.1, -0.05) is 12.1 Å². The molecule has 2 aromatic rings. The third-order valence-electron chi connectivity index (χ3n) is 5.15. The van der Waals surface area contributed by atoms with Crippen molar-refractivity contribution in [2.45, 2.75) is 44.3 Å². The number of nitrogens with zero attached hydrogens (tertiary/aromatic N) is 2. The highest BCUT2D eigenvalue weighted by molar-refractivity contribution is 5.94. The number of aromatic nitrogens is 1. The van der Waals surface area contributed by atoms with Crippen LogP contribution in [-0.4, -0.2) is 34.4 Å². The maximum Gasteiger partial charge on any atom is 0.318 e. The zero-order valence-corrected chi connectivity index (χ0v) is 15.2. The summed E-state index contributed by atoms with van der Waals surface area (Å²) in [7, 11) is 0. The Labute approximate surface area is 159 Å². The predicted molar refractivity (Wildman–Crippen MR) is 102 cm³/mol. The summed E-state index contributed by atoms with van der Waals surface area (Å²) >= 11 is 0. The van der Waals surface area contributed by atoms with E-state index in [-0.39, 0.29) is 18.0 Å². The quantitative estimate of drug-likeness (QED) is 0.856. The van der Waals surface area contributed by atoms with Crippen molar-refractivity contribution in [3.05, 3.63) is 65.5 Å². The number of carbonyl (C=O) groups excluding carboxylic acids is 2. The number of benzene rings is 1. The molecule has 2 heterocycles. The van der Waals surface area contributed by atoms with Crippen molar-refractivity contribution in [1.82, 2.24) is 20.5 Å². The molecule has 140 valence electrons. The smallest absolute Gasteiger partial charge is 0.318 e. The number of hydrogen-bond donors (Lipinski definition) is 2. The Bertz CT molecular complexity index is 820. The molecular weight excluding hydrogens is 340 g/mol. The average Bonchev–Trinajstić information content (AvgIpc) is 3.38. The first-order chi connectivity index (χ1) is 13.2. The Balaban J connectivity index is 1.36. The Kier molecular flexibility index (Phi) is 5.05. The van der Waals surface area contributed by atoms with Gasteiger partial charge in [0.25, 0.3) is 5.91 Å². The number of hydrogen-bond acceptors (Lipinski definition) is 3. The van der Waals surface area contributed by atoms with Crippen LogP contribution in [0.1, 0.15) is 53.2 Å². The zero-order chi connectivity index (χ0) is 18.6. The summed E-state index contributed by atoms with van der Waals surface area (Å²) in [5, 5.41) is 5.99. The lowest BCUT2D eigenvalue weighted by Gasteiger charge is -2.25. The second kappa shape index (κ2) is 7.78. The molecule has 2 N–H and O–H groups in total.